The molecule has 0 fully saturated rings. The molecule has 2 nitrogen and oxygen atoms in total. The van der Waals surface area contributed by atoms with Crippen molar-refractivity contribution in [2.45, 2.75) is 13.5 Å². The third-order valence-electron chi connectivity index (χ3n) is 2.41. The second-order valence-electron chi connectivity index (χ2n) is 3.78. The van der Waals surface area contributed by atoms with E-state index in [-0.39, 0.29) is 0 Å². The first kappa shape index (κ1) is 12.2. The molecule has 88 valence electrons. The fourth-order valence-electron chi connectivity index (χ4n) is 1.43. The Morgan fingerprint density at radius 1 is 1.18 bits per heavy atom. The summed E-state index contributed by atoms with van der Waals surface area (Å²) >= 11 is 11.9. The summed E-state index contributed by atoms with van der Waals surface area (Å²) in [5, 5.41) is 4.58. The highest BCUT2D eigenvalue weighted by Gasteiger charge is 2.01. The number of nitrogens with zero attached hydrogens (tertiary/aromatic N) is 1. The number of hydrogen-bond acceptors (Lipinski definition) is 2. The molecule has 0 radical (unpaired) electrons. The molecule has 0 spiro atoms. The Morgan fingerprint density at radius 2 is 2.00 bits per heavy atom. The number of aryl methyl sites for hydroxylation is 1. The van der Waals surface area contributed by atoms with E-state index in [0.717, 1.165) is 16.9 Å². The molecule has 0 atom stereocenters. The van der Waals surface area contributed by atoms with E-state index in [1.807, 2.05) is 31.2 Å². The van der Waals surface area contributed by atoms with Crippen LogP contribution in [0.1, 0.15) is 11.3 Å². The molecule has 2 rings (SSSR count). The summed E-state index contributed by atoms with van der Waals surface area (Å²) in [6.45, 7) is 2.61. The number of pyridine rings is 1. The van der Waals surface area contributed by atoms with Crippen LogP contribution in [0.25, 0.3) is 0 Å². The predicted octanol–water partition coefficient (Wildman–Crippen LogP) is 4.31. The lowest BCUT2D eigenvalue weighted by molar-refractivity contribution is 1.12. The van der Waals surface area contributed by atoms with Gasteiger partial charge in [-0.15, -0.1) is 0 Å². The van der Waals surface area contributed by atoms with Crippen LogP contribution < -0.4 is 5.32 Å². The minimum absolute atomic E-state index is 0.649. The molecule has 0 unspecified atom stereocenters. The van der Waals surface area contributed by atoms with Crippen molar-refractivity contribution in [2.75, 3.05) is 5.32 Å². The fraction of sp³-hybridized carbons (Fsp3) is 0.154. The monoisotopic (exact) mass is 266 g/mol. The first-order valence-corrected chi connectivity index (χ1v) is 6.01. The molecule has 0 saturated heterocycles. The molecule has 0 amide bonds. The molecule has 2 aromatic rings. The Balaban J connectivity index is 2.04. The van der Waals surface area contributed by atoms with Gasteiger partial charge in [-0.3, -0.25) is 4.98 Å². The number of anilines is 1. The van der Waals surface area contributed by atoms with Gasteiger partial charge >= 0.3 is 0 Å². The number of benzene rings is 1. The fourth-order valence-corrected chi connectivity index (χ4v) is 1.91. The maximum Gasteiger partial charge on any atom is 0.0529 e. The SMILES string of the molecule is Cc1ccc(NCc2ccc(Cl)cc2Cl)cn1. The molecule has 0 saturated carbocycles. The molecular formula is C13H12Cl2N2. The predicted molar refractivity (Wildman–Crippen MR) is 72.8 cm³/mol. The Morgan fingerprint density at radius 3 is 2.65 bits per heavy atom. The zero-order valence-corrected chi connectivity index (χ0v) is 10.9. The van der Waals surface area contributed by atoms with E-state index >= 15 is 0 Å². The van der Waals surface area contributed by atoms with E-state index in [2.05, 4.69) is 10.3 Å². The Kier molecular flexibility index (Phi) is 3.87. The van der Waals surface area contributed by atoms with Gasteiger partial charge in [0.25, 0.3) is 0 Å². The van der Waals surface area contributed by atoms with Crippen molar-refractivity contribution < 1.29 is 0 Å². The normalized spacial score (nSPS) is 10.3. The summed E-state index contributed by atoms with van der Waals surface area (Å²) < 4.78 is 0. The van der Waals surface area contributed by atoms with Gasteiger partial charge in [-0.2, -0.15) is 0 Å². The largest absolute Gasteiger partial charge is 0.380 e. The first-order valence-electron chi connectivity index (χ1n) is 5.25. The van der Waals surface area contributed by atoms with Gasteiger partial charge in [0.2, 0.25) is 0 Å². The van der Waals surface area contributed by atoms with Crippen LogP contribution in [0.3, 0.4) is 0 Å². The third-order valence-corrected chi connectivity index (χ3v) is 3.00. The Bertz CT molecular complexity index is 509. The number of aromatic nitrogens is 1. The van der Waals surface area contributed by atoms with Crippen molar-refractivity contribution in [3.63, 3.8) is 0 Å². The van der Waals surface area contributed by atoms with Gasteiger partial charge in [0.15, 0.2) is 0 Å². The summed E-state index contributed by atoms with van der Waals surface area (Å²) in [7, 11) is 0. The smallest absolute Gasteiger partial charge is 0.0529 e. The van der Waals surface area contributed by atoms with Crippen LogP contribution in [-0.2, 0) is 6.54 Å². The number of halogens is 2. The van der Waals surface area contributed by atoms with Crippen LogP contribution in [0.2, 0.25) is 10.0 Å². The first-order chi connectivity index (χ1) is 8.15. The van der Waals surface area contributed by atoms with Crippen LogP contribution in [0.5, 0.6) is 0 Å². The van der Waals surface area contributed by atoms with Gasteiger partial charge in [0.1, 0.15) is 0 Å². The van der Waals surface area contributed by atoms with Gasteiger partial charge in [0, 0.05) is 22.3 Å². The maximum atomic E-state index is 6.08. The molecule has 1 aromatic carbocycles. The number of rotatable bonds is 3. The van der Waals surface area contributed by atoms with E-state index in [0.29, 0.717) is 16.6 Å². The van der Waals surface area contributed by atoms with Crippen LogP contribution in [-0.4, -0.2) is 4.98 Å². The van der Waals surface area contributed by atoms with E-state index in [4.69, 9.17) is 23.2 Å². The molecule has 1 aromatic heterocycles. The standard InChI is InChI=1S/C13H12Cl2N2/c1-9-2-5-12(8-16-9)17-7-10-3-4-11(14)6-13(10)15/h2-6,8,17H,7H2,1H3. The van der Waals surface area contributed by atoms with Crippen molar-refractivity contribution in [2.24, 2.45) is 0 Å². The summed E-state index contributed by atoms with van der Waals surface area (Å²) in [6.07, 6.45) is 1.80. The quantitative estimate of drug-likeness (QED) is 0.896. The van der Waals surface area contributed by atoms with Gasteiger partial charge in [-0.25, -0.2) is 0 Å². The summed E-state index contributed by atoms with van der Waals surface area (Å²) in [4.78, 5) is 4.21. The van der Waals surface area contributed by atoms with Crippen molar-refractivity contribution >= 4 is 28.9 Å². The lowest BCUT2D eigenvalue weighted by Gasteiger charge is -2.08. The minimum Gasteiger partial charge on any atom is -0.380 e. The van der Waals surface area contributed by atoms with Crippen LogP contribution >= 0.6 is 23.2 Å². The van der Waals surface area contributed by atoms with Gasteiger partial charge in [-0.1, -0.05) is 29.3 Å². The van der Waals surface area contributed by atoms with E-state index in [9.17, 15) is 0 Å². The summed E-state index contributed by atoms with van der Waals surface area (Å²) in [6, 6.07) is 9.45. The second kappa shape index (κ2) is 5.39. The lowest BCUT2D eigenvalue weighted by Crippen LogP contribution is -2.00. The van der Waals surface area contributed by atoms with Crippen molar-refractivity contribution in [1.82, 2.24) is 4.98 Å². The van der Waals surface area contributed by atoms with Crippen molar-refractivity contribution in [1.29, 1.82) is 0 Å². The number of hydrogen-bond donors (Lipinski definition) is 1. The van der Waals surface area contributed by atoms with Gasteiger partial charge < -0.3 is 5.32 Å². The lowest BCUT2D eigenvalue weighted by atomic mass is 10.2. The van der Waals surface area contributed by atoms with E-state index in [1.165, 1.54) is 0 Å². The molecular weight excluding hydrogens is 255 g/mol. The van der Waals surface area contributed by atoms with Crippen molar-refractivity contribution in [3.05, 3.63) is 57.8 Å². The molecule has 17 heavy (non-hydrogen) atoms. The molecule has 0 aliphatic heterocycles. The van der Waals surface area contributed by atoms with Crippen LogP contribution in [0.4, 0.5) is 5.69 Å². The van der Waals surface area contributed by atoms with Crippen LogP contribution in [0.15, 0.2) is 36.5 Å². The van der Waals surface area contributed by atoms with Gasteiger partial charge in [-0.05, 0) is 36.8 Å². The molecule has 0 aliphatic rings. The minimum atomic E-state index is 0.649. The van der Waals surface area contributed by atoms with Crippen LogP contribution in [0, 0.1) is 6.92 Å². The zero-order valence-electron chi connectivity index (χ0n) is 9.37. The average Bonchev–Trinajstić information content (AvgIpc) is 2.30. The molecule has 1 heterocycles. The molecule has 4 heteroatoms. The second-order valence-corrected chi connectivity index (χ2v) is 4.62. The molecule has 0 bridgehead atoms. The highest BCUT2D eigenvalue weighted by atomic mass is 35.5. The van der Waals surface area contributed by atoms with Gasteiger partial charge in [0.05, 0.1) is 11.9 Å². The summed E-state index contributed by atoms with van der Waals surface area (Å²) in [5.41, 5.74) is 2.98. The Labute approximate surface area is 111 Å². The highest BCUT2D eigenvalue weighted by molar-refractivity contribution is 6.35. The summed E-state index contributed by atoms with van der Waals surface area (Å²) in [5.74, 6) is 0. The van der Waals surface area contributed by atoms with Crippen molar-refractivity contribution in [3.8, 4) is 0 Å². The number of nitrogens with one attached hydrogen (secondary N) is 1. The zero-order chi connectivity index (χ0) is 12.3. The van der Waals surface area contributed by atoms with E-state index in [1.54, 1.807) is 12.3 Å². The molecule has 0 aliphatic carbocycles. The van der Waals surface area contributed by atoms with E-state index < -0.39 is 0 Å². The average molecular weight is 267 g/mol. The molecule has 1 N–H and O–H groups in total. The Hall–Kier alpha value is -1.25. The maximum absolute atomic E-state index is 6.08. The topological polar surface area (TPSA) is 24.9 Å². The highest BCUT2D eigenvalue weighted by Crippen LogP contribution is 2.21. The third kappa shape index (κ3) is 3.35.